The lowest BCUT2D eigenvalue weighted by Gasteiger charge is -2.14. The van der Waals surface area contributed by atoms with Gasteiger partial charge in [-0.1, -0.05) is 19.3 Å². The smallest absolute Gasteiger partial charge is 0.0744 e. The van der Waals surface area contributed by atoms with Crippen LogP contribution in [0.3, 0.4) is 0 Å². The summed E-state index contributed by atoms with van der Waals surface area (Å²) in [6, 6.07) is 0. The van der Waals surface area contributed by atoms with E-state index in [4.69, 9.17) is 12.2 Å². The molecule has 0 aromatic rings. The second-order valence-corrected chi connectivity index (χ2v) is 2.31. The van der Waals surface area contributed by atoms with Crippen LogP contribution in [0.1, 0.15) is 26.7 Å². The molecule has 0 aromatic heterocycles. The second-order valence-electron chi connectivity index (χ2n) is 2.31. The molecule has 1 nitrogen and oxygen atoms in total. The van der Waals surface area contributed by atoms with E-state index in [9.17, 15) is 0 Å². The average molecular weight is 111 g/mol. The van der Waals surface area contributed by atoms with Gasteiger partial charge in [0.25, 0.3) is 0 Å². The monoisotopic (exact) mass is 111 g/mol. The van der Waals surface area contributed by atoms with Crippen LogP contribution < -0.4 is 5.73 Å². The molecule has 0 heterocycles. The highest BCUT2D eigenvalue weighted by Gasteiger charge is 2.10. The predicted molar refractivity (Wildman–Crippen MR) is 36.3 cm³/mol. The van der Waals surface area contributed by atoms with Gasteiger partial charge in [0, 0.05) is 0 Å². The number of rotatable bonds is 2. The van der Waals surface area contributed by atoms with Crippen molar-refractivity contribution in [1.82, 2.24) is 0 Å². The Balaban J connectivity index is 3.59. The van der Waals surface area contributed by atoms with Gasteiger partial charge in [0.2, 0.25) is 0 Å². The van der Waals surface area contributed by atoms with Gasteiger partial charge in [-0.25, -0.2) is 0 Å². The molecule has 0 aliphatic carbocycles. The van der Waals surface area contributed by atoms with Gasteiger partial charge >= 0.3 is 0 Å². The second kappa shape index (κ2) is 2.74. The molecular weight excluding hydrogens is 98.1 g/mol. The summed E-state index contributed by atoms with van der Waals surface area (Å²) >= 11 is 0. The molecule has 0 spiro atoms. The number of nitrogens with two attached hydrogens (primary N) is 1. The molecule has 2 N–H and O–H groups in total. The lowest BCUT2D eigenvalue weighted by Crippen LogP contribution is -2.33. The van der Waals surface area contributed by atoms with Crippen molar-refractivity contribution in [3.8, 4) is 12.3 Å². The Morgan fingerprint density at radius 1 is 1.75 bits per heavy atom. The summed E-state index contributed by atoms with van der Waals surface area (Å²) < 4.78 is 0. The Labute approximate surface area is 51.3 Å². The SMILES string of the molecule is C#CC(C)(N)CCC. The van der Waals surface area contributed by atoms with Crippen LogP contribution in [0.15, 0.2) is 0 Å². The number of hydrogen-bond donors (Lipinski definition) is 1. The van der Waals surface area contributed by atoms with Crippen molar-refractivity contribution in [2.24, 2.45) is 5.73 Å². The first kappa shape index (κ1) is 7.52. The largest absolute Gasteiger partial charge is 0.315 e. The molecule has 0 fully saturated rings. The van der Waals surface area contributed by atoms with E-state index >= 15 is 0 Å². The first-order valence-corrected chi connectivity index (χ1v) is 2.89. The van der Waals surface area contributed by atoms with Gasteiger partial charge in [-0.2, -0.15) is 0 Å². The van der Waals surface area contributed by atoms with E-state index < -0.39 is 0 Å². The van der Waals surface area contributed by atoms with Crippen LogP contribution in [0.25, 0.3) is 0 Å². The quantitative estimate of drug-likeness (QED) is 0.531. The van der Waals surface area contributed by atoms with Crippen molar-refractivity contribution >= 4 is 0 Å². The van der Waals surface area contributed by atoms with Gasteiger partial charge in [0.05, 0.1) is 5.54 Å². The average Bonchev–Trinajstić information content (AvgIpc) is 1.67. The predicted octanol–water partition coefficient (Wildman–Crippen LogP) is 1.14. The maximum Gasteiger partial charge on any atom is 0.0744 e. The van der Waals surface area contributed by atoms with Gasteiger partial charge in [-0.3, -0.25) is 0 Å². The van der Waals surface area contributed by atoms with E-state index in [-0.39, 0.29) is 5.54 Å². The van der Waals surface area contributed by atoms with Crippen LogP contribution in [-0.2, 0) is 0 Å². The fourth-order valence-electron chi connectivity index (χ4n) is 0.592. The molecule has 1 heteroatoms. The van der Waals surface area contributed by atoms with E-state index in [1.54, 1.807) is 0 Å². The van der Waals surface area contributed by atoms with Crippen molar-refractivity contribution in [2.75, 3.05) is 0 Å². The fraction of sp³-hybridized carbons (Fsp3) is 0.714. The van der Waals surface area contributed by atoms with Crippen molar-refractivity contribution < 1.29 is 0 Å². The zero-order valence-electron chi connectivity index (χ0n) is 5.57. The Kier molecular flexibility index (Phi) is 2.57. The summed E-state index contributed by atoms with van der Waals surface area (Å²) in [6.07, 6.45) is 7.08. The minimum atomic E-state index is -0.380. The Hall–Kier alpha value is -0.480. The maximum atomic E-state index is 5.59. The molecule has 46 valence electrons. The van der Waals surface area contributed by atoms with Gasteiger partial charge in [0.15, 0.2) is 0 Å². The summed E-state index contributed by atoms with van der Waals surface area (Å²) in [7, 11) is 0. The topological polar surface area (TPSA) is 26.0 Å². The third-order valence-corrected chi connectivity index (χ3v) is 1.10. The van der Waals surface area contributed by atoms with Gasteiger partial charge < -0.3 is 5.73 Å². The minimum Gasteiger partial charge on any atom is -0.315 e. The van der Waals surface area contributed by atoms with Gasteiger partial charge in [0.1, 0.15) is 0 Å². The molecule has 0 amide bonds. The summed E-state index contributed by atoms with van der Waals surface area (Å²) in [5.74, 6) is 2.52. The molecule has 0 saturated heterocycles. The molecule has 1 unspecified atom stereocenters. The van der Waals surface area contributed by atoms with Crippen LogP contribution in [-0.4, -0.2) is 5.54 Å². The van der Waals surface area contributed by atoms with E-state index in [1.165, 1.54) is 0 Å². The number of terminal acetylenes is 1. The molecule has 0 aromatic carbocycles. The number of hydrogen-bond acceptors (Lipinski definition) is 1. The fourth-order valence-corrected chi connectivity index (χ4v) is 0.592. The summed E-state index contributed by atoms with van der Waals surface area (Å²) in [4.78, 5) is 0. The highest BCUT2D eigenvalue weighted by Crippen LogP contribution is 2.04. The zero-order chi connectivity index (χ0) is 6.62. The molecule has 0 radical (unpaired) electrons. The van der Waals surface area contributed by atoms with Crippen molar-refractivity contribution in [3.63, 3.8) is 0 Å². The Bertz CT molecular complexity index is 97.4. The molecule has 8 heavy (non-hydrogen) atoms. The molecule has 0 aliphatic heterocycles. The van der Waals surface area contributed by atoms with Gasteiger partial charge in [-0.05, 0) is 13.3 Å². The molecule has 0 aliphatic rings. The normalized spacial score (nSPS) is 16.8. The van der Waals surface area contributed by atoms with Crippen LogP contribution in [0.5, 0.6) is 0 Å². The Morgan fingerprint density at radius 3 is 2.38 bits per heavy atom. The highest BCUT2D eigenvalue weighted by atomic mass is 14.7. The lowest BCUT2D eigenvalue weighted by molar-refractivity contribution is 0.545. The standard InChI is InChI=1S/C7H13N/c1-4-6-7(3,8)5-2/h2H,4,6,8H2,1,3H3. The lowest BCUT2D eigenvalue weighted by atomic mass is 9.99. The molecule has 0 bridgehead atoms. The third kappa shape index (κ3) is 2.65. The summed E-state index contributed by atoms with van der Waals surface area (Å²) in [5.41, 5.74) is 5.21. The van der Waals surface area contributed by atoms with E-state index in [0.29, 0.717) is 0 Å². The van der Waals surface area contributed by atoms with Crippen LogP contribution in [0.2, 0.25) is 0 Å². The molecule has 1 atom stereocenters. The van der Waals surface area contributed by atoms with Crippen LogP contribution >= 0.6 is 0 Å². The van der Waals surface area contributed by atoms with E-state index in [0.717, 1.165) is 12.8 Å². The van der Waals surface area contributed by atoms with Gasteiger partial charge in [-0.15, -0.1) is 6.42 Å². The molecule has 0 rings (SSSR count). The van der Waals surface area contributed by atoms with Crippen LogP contribution in [0, 0.1) is 12.3 Å². The zero-order valence-corrected chi connectivity index (χ0v) is 5.57. The minimum absolute atomic E-state index is 0.380. The van der Waals surface area contributed by atoms with Crippen molar-refractivity contribution in [1.29, 1.82) is 0 Å². The summed E-state index contributed by atoms with van der Waals surface area (Å²) in [5, 5.41) is 0. The summed E-state index contributed by atoms with van der Waals surface area (Å²) in [6.45, 7) is 3.94. The molecule has 0 saturated carbocycles. The third-order valence-electron chi connectivity index (χ3n) is 1.10. The first-order valence-electron chi connectivity index (χ1n) is 2.89. The first-order chi connectivity index (χ1) is 3.62. The van der Waals surface area contributed by atoms with Crippen LogP contribution in [0.4, 0.5) is 0 Å². The van der Waals surface area contributed by atoms with Crippen molar-refractivity contribution in [2.45, 2.75) is 32.2 Å². The van der Waals surface area contributed by atoms with E-state index in [1.807, 2.05) is 6.92 Å². The highest BCUT2D eigenvalue weighted by molar-refractivity contribution is 5.07. The molecular formula is C7H13N. The Morgan fingerprint density at radius 2 is 2.25 bits per heavy atom. The maximum absolute atomic E-state index is 5.59. The van der Waals surface area contributed by atoms with E-state index in [2.05, 4.69) is 12.8 Å². The van der Waals surface area contributed by atoms with Crippen molar-refractivity contribution in [3.05, 3.63) is 0 Å².